The van der Waals surface area contributed by atoms with Gasteiger partial charge in [0.2, 0.25) is 5.91 Å². The molecule has 2 fully saturated rings. The fraction of sp³-hybridized carbons (Fsp3) is 0.917. The number of carbonyl (C=O) groups excluding carboxylic acids is 1. The molecule has 16 heavy (non-hydrogen) atoms. The first-order valence-corrected chi connectivity index (χ1v) is 6.19. The van der Waals surface area contributed by atoms with Crippen LogP contribution in [0.5, 0.6) is 0 Å². The molecule has 2 aliphatic carbocycles. The van der Waals surface area contributed by atoms with Gasteiger partial charge in [-0.3, -0.25) is 4.79 Å². The van der Waals surface area contributed by atoms with Gasteiger partial charge in [-0.25, -0.2) is 0 Å². The second-order valence-corrected chi connectivity index (χ2v) is 5.58. The first-order chi connectivity index (χ1) is 7.51. The van der Waals surface area contributed by atoms with Crippen molar-refractivity contribution in [2.75, 3.05) is 20.1 Å². The van der Waals surface area contributed by atoms with Crippen molar-refractivity contribution < 1.29 is 9.90 Å². The van der Waals surface area contributed by atoms with E-state index in [1.807, 2.05) is 0 Å². The number of hydrogen-bond acceptors (Lipinski definition) is 3. The van der Waals surface area contributed by atoms with Gasteiger partial charge in [0, 0.05) is 20.1 Å². The summed E-state index contributed by atoms with van der Waals surface area (Å²) in [6.07, 6.45) is 5.60. The third kappa shape index (κ3) is 2.09. The van der Waals surface area contributed by atoms with Crippen molar-refractivity contribution in [1.82, 2.24) is 4.90 Å². The lowest BCUT2D eigenvalue weighted by molar-refractivity contribution is -0.138. The lowest BCUT2D eigenvalue weighted by atomic mass is 10.00. The molecule has 0 radical (unpaired) electrons. The monoisotopic (exact) mass is 226 g/mol. The van der Waals surface area contributed by atoms with E-state index in [9.17, 15) is 9.90 Å². The molecule has 0 aromatic carbocycles. The second kappa shape index (κ2) is 4.00. The van der Waals surface area contributed by atoms with Crippen molar-refractivity contribution in [2.24, 2.45) is 11.1 Å². The maximum absolute atomic E-state index is 12.1. The summed E-state index contributed by atoms with van der Waals surface area (Å²) in [5, 5.41) is 10.2. The minimum Gasteiger partial charge on any atom is -0.388 e. The van der Waals surface area contributed by atoms with E-state index in [-0.39, 0.29) is 11.3 Å². The van der Waals surface area contributed by atoms with Crippen LogP contribution < -0.4 is 5.73 Å². The van der Waals surface area contributed by atoms with Crippen LogP contribution in [0.15, 0.2) is 0 Å². The van der Waals surface area contributed by atoms with Crippen LogP contribution in [0.4, 0.5) is 0 Å². The standard InChI is InChI=1S/C12H22N2O2/c1-14(9-12(16)4-2-3-5-12)10(15)11(8-13)6-7-11/h16H,2-9,13H2,1H3. The predicted octanol–water partition coefficient (Wildman–Crippen LogP) is 0.489. The molecule has 0 aromatic rings. The van der Waals surface area contributed by atoms with E-state index in [0.717, 1.165) is 38.5 Å². The smallest absolute Gasteiger partial charge is 0.229 e. The van der Waals surface area contributed by atoms with Crippen molar-refractivity contribution >= 4 is 5.91 Å². The number of likely N-dealkylation sites (N-methyl/N-ethyl adjacent to an activating group) is 1. The summed E-state index contributed by atoms with van der Waals surface area (Å²) in [7, 11) is 1.79. The van der Waals surface area contributed by atoms with Crippen molar-refractivity contribution in [1.29, 1.82) is 0 Å². The Morgan fingerprint density at radius 2 is 1.88 bits per heavy atom. The molecule has 0 unspecified atom stereocenters. The highest BCUT2D eigenvalue weighted by molar-refractivity contribution is 5.85. The molecule has 2 aliphatic rings. The van der Waals surface area contributed by atoms with E-state index in [2.05, 4.69) is 0 Å². The van der Waals surface area contributed by atoms with Crippen LogP contribution >= 0.6 is 0 Å². The Kier molecular flexibility index (Phi) is 2.97. The van der Waals surface area contributed by atoms with Gasteiger partial charge in [-0.1, -0.05) is 12.8 Å². The maximum Gasteiger partial charge on any atom is 0.229 e. The molecular weight excluding hydrogens is 204 g/mol. The highest BCUT2D eigenvalue weighted by Crippen LogP contribution is 2.46. The Balaban J connectivity index is 1.92. The number of aliphatic hydroxyl groups is 1. The molecule has 92 valence electrons. The van der Waals surface area contributed by atoms with Gasteiger partial charge in [0.15, 0.2) is 0 Å². The van der Waals surface area contributed by atoms with Crippen molar-refractivity contribution in [3.05, 3.63) is 0 Å². The van der Waals surface area contributed by atoms with Crippen LogP contribution in [0, 0.1) is 5.41 Å². The van der Waals surface area contributed by atoms with Gasteiger partial charge in [0.25, 0.3) is 0 Å². The fourth-order valence-electron chi connectivity index (χ4n) is 2.77. The SMILES string of the molecule is CN(CC1(O)CCCC1)C(=O)C1(CN)CC1. The Bertz CT molecular complexity index is 281. The molecule has 0 bridgehead atoms. The molecular formula is C12H22N2O2. The first kappa shape index (κ1) is 11.9. The summed E-state index contributed by atoms with van der Waals surface area (Å²) in [6.45, 7) is 0.905. The second-order valence-electron chi connectivity index (χ2n) is 5.58. The van der Waals surface area contributed by atoms with Gasteiger partial charge >= 0.3 is 0 Å². The van der Waals surface area contributed by atoms with E-state index < -0.39 is 5.60 Å². The van der Waals surface area contributed by atoms with Crippen molar-refractivity contribution in [3.63, 3.8) is 0 Å². The molecule has 0 saturated heterocycles. The zero-order valence-electron chi connectivity index (χ0n) is 10.0. The van der Waals surface area contributed by atoms with Gasteiger partial charge in [0.1, 0.15) is 0 Å². The lowest BCUT2D eigenvalue weighted by Crippen LogP contribution is -2.46. The summed E-state index contributed by atoms with van der Waals surface area (Å²) in [6, 6.07) is 0. The average molecular weight is 226 g/mol. The predicted molar refractivity (Wildman–Crippen MR) is 61.8 cm³/mol. The Morgan fingerprint density at radius 3 is 2.31 bits per heavy atom. The third-order valence-corrected chi connectivity index (χ3v) is 4.11. The topological polar surface area (TPSA) is 66.6 Å². The Labute approximate surface area is 96.8 Å². The molecule has 0 atom stereocenters. The van der Waals surface area contributed by atoms with E-state index in [1.54, 1.807) is 11.9 Å². The molecule has 2 rings (SSSR count). The van der Waals surface area contributed by atoms with E-state index in [4.69, 9.17) is 5.73 Å². The summed E-state index contributed by atoms with van der Waals surface area (Å²) in [4.78, 5) is 13.8. The van der Waals surface area contributed by atoms with Gasteiger partial charge in [-0.05, 0) is 25.7 Å². The molecule has 0 aliphatic heterocycles. The third-order valence-electron chi connectivity index (χ3n) is 4.11. The van der Waals surface area contributed by atoms with E-state index in [1.165, 1.54) is 0 Å². The number of hydrogen-bond donors (Lipinski definition) is 2. The van der Waals surface area contributed by atoms with E-state index in [0.29, 0.717) is 13.1 Å². The summed E-state index contributed by atoms with van der Waals surface area (Å²) in [5.74, 6) is 0.121. The number of nitrogens with zero attached hydrogens (tertiary/aromatic N) is 1. The number of carbonyl (C=O) groups is 1. The highest BCUT2D eigenvalue weighted by atomic mass is 16.3. The number of nitrogens with two attached hydrogens (primary N) is 1. The van der Waals surface area contributed by atoms with Crippen LogP contribution in [0.25, 0.3) is 0 Å². The Morgan fingerprint density at radius 1 is 1.31 bits per heavy atom. The van der Waals surface area contributed by atoms with E-state index >= 15 is 0 Å². The molecule has 0 heterocycles. The quantitative estimate of drug-likeness (QED) is 0.733. The van der Waals surface area contributed by atoms with Crippen molar-refractivity contribution in [2.45, 2.75) is 44.1 Å². The zero-order chi connectivity index (χ0) is 11.8. The molecule has 4 heteroatoms. The largest absolute Gasteiger partial charge is 0.388 e. The molecule has 0 spiro atoms. The number of rotatable bonds is 4. The van der Waals surface area contributed by atoms with Gasteiger partial charge in [-0.2, -0.15) is 0 Å². The summed E-state index contributed by atoms with van der Waals surface area (Å²) in [5.41, 5.74) is 4.71. The molecule has 4 nitrogen and oxygen atoms in total. The molecule has 2 saturated carbocycles. The highest BCUT2D eigenvalue weighted by Gasteiger charge is 2.50. The summed E-state index contributed by atoms with van der Waals surface area (Å²) < 4.78 is 0. The average Bonchev–Trinajstić information content (AvgIpc) is 2.95. The van der Waals surface area contributed by atoms with Crippen molar-refractivity contribution in [3.8, 4) is 0 Å². The van der Waals surface area contributed by atoms with Gasteiger partial charge in [-0.15, -0.1) is 0 Å². The molecule has 3 N–H and O–H groups in total. The lowest BCUT2D eigenvalue weighted by Gasteiger charge is -2.30. The van der Waals surface area contributed by atoms with Crippen LogP contribution in [0.2, 0.25) is 0 Å². The van der Waals surface area contributed by atoms with Crippen LogP contribution in [0.1, 0.15) is 38.5 Å². The molecule has 1 amide bonds. The van der Waals surface area contributed by atoms with Gasteiger partial charge in [0.05, 0.1) is 11.0 Å². The Hall–Kier alpha value is -0.610. The van der Waals surface area contributed by atoms with Gasteiger partial charge < -0.3 is 15.7 Å². The molecule has 0 aromatic heterocycles. The maximum atomic E-state index is 12.1. The zero-order valence-corrected chi connectivity index (χ0v) is 10.0. The van der Waals surface area contributed by atoms with Crippen LogP contribution in [0.3, 0.4) is 0 Å². The fourth-order valence-corrected chi connectivity index (χ4v) is 2.77. The van der Waals surface area contributed by atoms with Crippen LogP contribution in [-0.2, 0) is 4.79 Å². The van der Waals surface area contributed by atoms with Crippen LogP contribution in [-0.4, -0.2) is 41.7 Å². The minimum atomic E-state index is -0.644. The normalized spacial score (nSPS) is 25.4. The minimum absolute atomic E-state index is 0.121. The first-order valence-electron chi connectivity index (χ1n) is 6.19. The summed E-state index contributed by atoms with van der Waals surface area (Å²) >= 11 is 0. The number of amides is 1.